The van der Waals surface area contributed by atoms with Gasteiger partial charge in [0, 0.05) is 30.3 Å². The molecule has 75 valence electrons. The summed E-state index contributed by atoms with van der Waals surface area (Å²) >= 11 is 0. The van der Waals surface area contributed by atoms with Crippen LogP contribution >= 0.6 is 0 Å². The minimum absolute atomic E-state index is 0. The number of unbranched alkanes of at least 4 members (excludes halogenated alkanes) is 2. The van der Waals surface area contributed by atoms with E-state index in [4.69, 9.17) is 10.2 Å². The molecule has 0 aliphatic carbocycles. The Morgan fingerprint density at radius 1 is 0.818 bits per heavy atom. The summed E-state index contributed by atoms with van der Waals surface area (Å²) in [5.74, 6) is 0. The summed E-state index contributed by atoms with van der Waals surface area (Å²) in [6.45, 7) is 4.79. The molecule has 0 aliphatic rings. The van der Waals surface area contributed by atoms with Crippen LogP contribution in [0.1, 0.15) is 39.5 Å². The standard InChI is InChI=1S/2C4H10O.Cu/c2*1-2-3-4-5;/h2*5H,2-4H2,1H3;. The normalized spacial score (nSPS) is 7.64. The molecule has 0 saturated carbocycles. The molecule has 0 aromatic rings. The second-order valence-corrected chi connectivity index (χ2v) is 2.15. The van der Waals surface area contributed by atoms with Gasteiger partial charge in [-0.3, -0.25) is 0 Å². The van der Waals surface area contributed by atoms with Crippen LogP contribution in [0.4, 0.5) is 0 Å². The van der Waals surface area contributed by atoms with E-state index in [1.165, 1.54) is 0 Å². The van der Waals surface area contributed by atoms with Crippen molar-refractivity contribution in [1.82, 2.24) is 0 Å². The zero-order chi connectivity index (χ0) is 8.24. The molecule has 0 spiro atoms. The van der Waals surface area contributed by atoms with Crippen LogP contribution in [0.3, 0.4) is 0 Å². The first-order valence-electron chi connectivity index (χ1n) is 4.05. The molecule has 2 N–H and O–H groups in total. The van der Waals surface area contributed by atoms with Gasteiger partial charge in [0.15, 0.2) is 0 Å². The van der Waals surface area contributed by atoms with Crippen LogP contribution in [-0.2, 0) is 17.1 Å². The maximum Gasteiger partial charge on any atom is 0.0430 e. The third-order valence-corrected chi connectivity index (χ3v) is 1.02. The minimum Gasteiger partial charge on any atom is -0.396 e. The molecule has 0 rings (SSSR count). The van der Waals surface area contributed by atoms with Gasteiger partial charge in [0.25, 0.3) is 0 Å². The molecule has 0 bridgehead atoms. The molecule has 0 aromatic carbocycles. The van der Waals surface area contributed by atoms with E-state index < -0.39 is 0 Å². The SMILES string of the molecule is CCCCO.CCCCO.[Cu]. The van der Waals surface area contributed by atoms with Crippen molar-refractivity contribution in [3.63, 3.8) is 0 Å². The van der Waals surface area contributed by atoms with Crippen molar-refractivity contribution in [3.05, 3.63) is 0 Å². The van der Waals surface area contributed by atoms with Crippen LogP contribution < -0.4 is 0 Å². The van der Waals surface area contributed by atoms with Crippen LogP contribution in [0.25, 0.3) is 0 Å². The van der Waals surface area contributed by atoms with E-state index in [1.54, 1.807) is 0 Å². The van der Waals surface area contributed by atoms with Gasteiger partial charge in [0.1, 0.15) is 0 Å². The molecule has 0 amide bonds. The summed E-state index contributed by atoms with van der Waals surface area (Å²) in [4.78, 5) is 0. The Kier molecular flexibility index (Phi) is 35.7. The van der Waals surface area contributed by atoms with E-state index in [-0.39, 0.29) is 17.1 Å². The number of aliphatic hydroxyl groups excluding tert-OH is 2. The number of aliphatic hydroxyl groups is 2. The van der Waals surface area contributed by atoms with E-state index in [9.17, 15) is 0 Å². The Balaban J connectivity index is -0.000000107. The Morgan fingerprint density at radius 2 is 1.09 bits per heavy atom. The summed E-state index contributed by atoms with van der Waals surface area (Å²) in [6.07, 6.45) is 4.08. The Bertz CT molecular complexity index is 33.1. The molecule has 0 atom stereocenters. The predicted octanol–water partition coefficient (Wildman–Crippen LogP) is 1.56. The molecule has 3 heteroatoms. The Hall–Kier alpha value is 0.439. The van der Waals surface area contributed by atoms with Crippen molar-refractivity contribution in [3.8, 4) is 0 Å². The fourth-order valence-electron chi connectivity index (χ4n) is 0.316. The van der Waals surface area contributed by atoms with Crippen molar-refractivity contribution >= 4 is 0 Å². The van der Waals surface area contributed by atoms with Crippen LogP contribution in [-0.4, -0.2) is 23.4 Å². The largest absolute Gasteiger partial charge is 0.396 e. The summed E-state index contributed by atoms with van der Waals surface area (Å²) in [5.41, 5.74) is 0. The average Bonchev–Trinajstić information content (AvgIpc) is 1.93. The van der Waals surface area contributed by atoms with Crippen molar-refractivity contribution in [2.75, 3.05) is 13.2 Å². The summed E-state index contributed by atoms with van der Waals surface area (Å²) in [5, 5.41) is 16.1. The molecule has 0 unspecified atom stereocenters. The van der Waals surface area contributed by atoms with Gasteiger partial charge in [-0.25, -0.2) is 0 Å². The van der Waals surface area contributed by atoms with Crippen LogP contribution in [0, 0.1) is 0 Å². The van der Waals surface area contributed by atoms with Gasteiger partial charge in [-0.2, -0.15) is 0 Å². The zero-order valence-electron chi connectivity index (χ0n) is 7.44. The van der Waals surface area contributed by atoms with E-state index in [1.807, 2.05) is 0 Å². The van der Waals surface area contributed by atoms with Crippen molar-refractivity contribution in [2.45, 2.75) is 39.5 Å². The molecule has 2 nitrogen and oxygen atoms in total. The smallest absolute Gasteiger partial charge is 0.0430 e. The molecule has 0 fully saturated rings. The first kappa shape index (κ1) is 17.5. The van der Waals surface area contributed by atoms with Crippen LogP contribution in [0.5, 0.6) is 0 Å². The Morgan fingerprint density at radius 3 is 1.09 bits per heavy atom. The van der Waals surface area contributed by atoms with Gasteiger partial charge < -0.3 is 10.2 Å². The fraction of sp³-hybridized carbons (Fsp3) is 1.00. The maximum absolute atomic E-state index is 8.07. The zero-order valence-corrected chi connectivity index (χ0v) is 8.38. The third kappa shape index (κ3) is 37.7. The summed E-state index contributed by atoms with van der Waals surface area (Å²) < 4.78 is 0. The molecule has 0 heterocycles. The minimum atomic E-state index is 0. The van der Waals surface area contributed by atoms with E-state index >= 15 is 0 Å². The number of rotatable bonds is 4. The molecular weight excluding hydrogens is 192 g/mol. The van der Waals surface area contributed by atoms with E-state index in [0.717, 1.165) is 25.7 Å². The van der Waals surface area contributed by atoms with Crippen molar-refractivity contribution < 1.29 is 27.3 Å². The number of hydrogen-bond donors (Lipinski definition) is 2. The molecular formula is C8H20CuO2. The molecule has 1 radical (unpaired) electrons. The van der Waals surface area contributed by atoms with Gasteiger partial charge in [-0.15, -0.1) is 0 Å². The summed E-state index contributed by atoms with van der Waals surface area (Å²) in [6, 6.07) is 0. The number of hydrogen-bond acceptors (Lipinski definition) is 2. The van der Waals surface area contributed by atoms with Crippen molar-refractivity contribution in [2.24, 2.45) is 0 Å². The van der Waals surface area contributed by atoms with E-state index in [2.05, 4.69) is 13.8 Å². The third-order valence-electron chi connectivity index (χ3n) is 1.02. The Labute approximate surface area is 80.5 Å². The quantitative estimate of drug-likeness (QED) is 0.693. The average molecular weight is 212 g/mol. The maximum atomic E-state index is 8.07. The topological polar surface area (TPSA) is 40.5 Å². The second kappa shape index (κ2) is 22.4. The molecule has 0 aliphatic heterocycles. The van der Waals surface area contributed by atoms with Crippen molar-refractivity contribution in [1.29, 1.82) is 0 Å². The second-order valence-electron chi connectivity index (χ2n) is 2.15. The first-order chi connectivity index (χ1) is 4.83. The molecule has 0 aromatic heterocycles. The van der Waals surface area contributed by atoms with Gasteiger partial charge in [-0.1, -0.05) is 26.7 Å². The van der Waals surface area contributed by atoms with E-state index in [0.29, 0.717) is 13.2 Å². The van der Waals surface area contributed by atoms with Gasteiger partial charge in [0.05, 0.1) is 0 Å². The fourth-order valence-corrected chi connectivity index (χ4v) is 0.316. The predicted molar refractivity (Wildman–Crippen MR) is 44.0 cm³/mol. The van der Waals surface area contributed by atoms with Gasteiger partial charge >= 0.3 is 0 Å². The molecule has 0 saturated heterocycles. The van der Waals surface area contributed by atoms with Gasteiger partial charge in [0.2, 0.25) is 0 Å². The molecule has 11 heavy (non-hydrogen) atoms. The van der Waals surface area contributed by atoms with Gasteiger partial charge in [-0.05, 0) is 12.8 Å². The monoisotopic (exact) mass is 211 g/mol. The first-order valence-corrected chi connectivity index (χ1v) is 4.05. The summed E-state index contributed by atoms with van der Waals surface area (Å²) in [7, 11) is 0. The van der Waals surface area contributed by atoms with Crippen LogP contribution in [0.2, 0.25) is 0 Å². The van der Waals surface area contributed by atoms with Crippen LogP contribution in [0.15, 0.2) is 0 Å².